The molecule has 2 amide bonds. The average Bonchev–Trinajstić information content (AvgIpc) is 3.24. The summed E-state index contributed by atoms with van der Waals surface area (Å²) in [7, 11) is 0. The lowest BCUT2D eigenvalue weighted by Gasteiger charge is -2.31. The van der Waals surface area contributed by atoms with Gasteiger partial charge in [-0.2, -0.15) is 0 Å². The normalized spacial score (nSPS) is 15.0. The van der Waals surface area contributed by atoms with Crippen LogP contribution in [0.2, 0.25) is 10.0 Å². The summed E-state index contributed by atoms with van der Waals surface area (Å²) in [6.45, 7) is 2.29. The summed E-state index contributed by atoms with van der Waals surface area (Å²) in [5.41, 5.74) is 1.69. The Balaban J connectivity index is 1.82. The molecule has 30 heavy (non-hydrogen) atoms. The van der Waals surface area contributed by atoms with Crippen molar-refractivity contribution in [3.63, 3.8) is 0 Å². The van der Waals surface area contributed by atoms with Gasteiger partial charge >= 0.3 is 0 Å². The third-order valence-corrected chi connectivity index (χ3v) is 6.27. The number of carbonyl (C=O) groups is 2. The van der Waals surface area contributed by atoms with E-state index in [1.807, 2.05) is 37.3 Å². The van der Waals surface area contributed by atoms with E-state index in [1.165, 1.54) is 0 Å². The summed E-state index contributed by atoms with van der Waals surface area (Å²) in [6, 6.07) is 14.4. The number of halogens is 2. The number of nitrogens with zero attached hydrogens (tertiary/aromatic N) is 1. The number of hydrogen-bond donors (Lipinski definition) is 1. The van der Waals surface area contributed by atoms with Gasteiger partial charge in [-0.3, -0.25) is 9.59 Å². The highest BCUT2D eigenvalue weighted by molar-refractivity contribution is 6.31. The van der Waals surface area contributed by atoms with Crippen LogP contribution in [0.4, 0.5) is 0 Å². The molecular weight excluding hydrogens is 419 g/mol. The van der Waals surface area contributed by atoms with Crippen LogP contribution >= 0.6 is 23.2 Å². The van der Waals surface area contributed by atoms with E-state index >= 15 is 0 Å². The highest BCUT2D eigenvalue weighted by atomic mass is 35.5. The van der Waals surface area contributed by atoms with Crippen LogP contribution in [0, 0.1) is 0 Å². The Bertz CT molecular complexity index is 864. The molecular formula is C24H28Cl2N2O2. The van der Waals surface area contributed by atoms with Crippen molar-refractivity contribution in [1.29, 1.82) is 0 Å². The van der Waals surface area contributed by atoms with E-state index in [2.05, 4.69) is 5.32 Å². The minimum atomic E-state index is -0.531. The third-order valence-electron chi connectivity index (χ3n) is 5.65. The van der Waals surface area contributed by atoms with Crippen molar-refractivity contribution < 1.29 is 9.59 Å². The van der Waals surface area contributed by atoms with E-state index in [0.717, 1.165) is 36.8 Å². The molecule has 160 valence electrons. The Labute approximate surface area is 188 Å². The van der Waals surface area contributed by atoms with E-state index in [-0.39, 0.29) is 24.3 Å². The summed E-state index contributed by atoms with van der Waals surface area (Å²) in [5.74, 6) is -0.197. The minimum Gasteiger partial charge on any atom is -0.352 e. The number of rotatable bonds is 8. The van der Waals surface area contributed by atoms with Crippen LogP contribution in [-0.2, 0) is 22.6 Å². The second kappa shape index (κ2) is 10.8. The second-order valence-corrected chi connectivity index (χ2v) is 8.67. The second-order valence-electron chi connectivity index (χ2n) is 7.83. The van der Waals surface area contributed by atoms with E-state index < -0.39 is 6.04 Å². The maximum atomic E-state index is 13.3. The first-order valence-corrected chi connectivity index (χ1v) is 11.3. The standard InChI is InChI=1S/C24H28Cl2N2O2/c1-2-22(24(30)27-20-8-4-5-9-20)28(16-17-11-13-19(25)14-12-17)23(29)15-18-7-3-6-10-21(18)26/h3,6-7,10-14,20,22H,2,4-5,8-9,15-16H2,1H3,(H,27,30)/t22-/m1/s1. The van der Waals surface area contributed by atoms with E-state index in [4.69, 9.17) is 23.2 Å². The van der Waals surface area contributed by atoms with Crippen LogP contribution in [-0.4, -0.2) is 28.8 Å². The van der Waals surface area contributed by atoms with Gasteiger partial charge < -0.3 is 10.2 Å². The van der Waals surface area contributed by atoms with Gasteiger partial charge in [-0.1, -0.05) is 73.3 Å². The molecule has 2 aromatic rings. The number of hydrogen-bond acceptors (Lipinski definition) is 2. The quantitative estimate of drug-likeness (QED) is 0.589. The molecule has 0 spiro atoms. The van der Waals surface area contributed by atoms with Gasteiger partial charge in [-0.05, 0) is 48.6 Å². The number of carbonyl (C=O) groups excluding carboxylic acids is 2. The Morgan fingerprint density at radius 3 is 2.37 bits per heavy atom. The fraction of sp³-hybridized carbons (Fsp3) is 0.417. The predicted octanol–water partition coefficient (Wildman–Crippen LogP) is 5.40. The molecule has 0 saturated heterocycles. The largest absolute Gasteiger partial charge is 0.352 e. The van der Waals surface area contributed by atoms with Crippen molar-refractivity contribution in [1.82, 2.24) is 10.2 Å². The average molecular weight is 447 g/mol. The van der Waals surface area contributed by atoms with Gasteiger partial charge in [0.2, 0.25) is 11.8 Å². The molecule has 0 bridgehead atoms. The molecule has 2 aromatic carbocycles. The Morgan fingerprint density at radius 1 is 1.07 bits per heavy atom. The maximum Gasteiger partial charge on any atom is 0.243 e. The number of nitrogens with one attached hydrogen (secondary N) is 1. The van der Waals surface area contributed by atoms with Crippen molar-refractivity contribution >= 4 is 35.0 Å². The van der Waals surface area contributed by atoms with Crippen molar-refractivity contribution in [3.05, 3.63) is 69.7 Å². The van der Waals surface area contributed by atoms with Gasteiger partial charge in [0.05, 0.1) is 6.42 Å². The first-order chi connectivity index (χ1) is 14.5. The van der Waals surface area contributed by atoms with Gasteiger partial charge in [0.25, 0.3) is 0 Å². The summed E-state index contributed by atoms with van der Waals surface area (Å²) in [6.07, 6.45) is 4.99. The van der Waals surface area contributed by atoms with Gasteiger partial charge in [-0.15, -0.1) is 0 Å². The van der Waals surface area contributed by atoms with Crippen LogP contribution in [0.5, 0.6) is 0 Å². The molecule has 1 aliphatic carbocycles. The van der Waals surface area contributed by atoms with Crippen molar-refractivity contribution in [2.75, 3.05) is 0 Å². The topological polar surface area (TPSA) is 49.4 Å². The molecule has 0 heterocycles. The summed E-state index contributed by atoms with van der Waals surface area (Å²) >= 11 is 12.3. The molecule has 1 fully saturated rings. The van der Waals surface area contributed by atoms with E-state index in [1.54, 1.807) is 23.1 Å². The molecule has 1 saturated carbocycles. The van der Waals surface area contributed by atoms with Crippen LogP contribution < -0.4 is 5.32 Å². The molecule has 1 aliphatic rings. The van der Waals surface area contributed by atoms with Crippen LogP contribution in [0.15, 0.2) is 48.5 Å². The van der Waals surface area contributed by atoms with Gasteiger partial charge in [0.15, 0.2) is 0 Å². The summed E-state index contributed by atoms with van der Waals surface area (Å²) in [4.78, 5) is 28.1. The van der Waals surface area contributed by atoms with Crippen LogP contribution in [0.3, 0.4) is 0 Å². The minimum absolute atomic E-state index is 0.0779. The fourth-order valence-corrected chi connectivity index (χ4v) is 4.31. The van der Waals surface area contributed by atoms with Gasteiger partial charge in [0.1, 0.15) is 6.04 Å². The molecule has 0 unspecified atom stereocenters. The number of benzene rings is 2. The van der Waals surface area contributed by atoms with Crippen LogP contribution in [0.25, 0.3) is 0 Å². The first kappa shape index (κ1) is 22.6. The molecule has 1 atom stereocenters. The Kier molecular flexibility index (Phi) is 8.17. The molecule has 4 nitrogen and oxygen atoms in total. The fourth-order valence-electron chi connectivity index (χ4n) is 3.98. The highest BCUT2D eigenvalue weighted by Gasteiger charge is 2.30. The molecule has 3 rings (SSSR count). The predicted molar refractivity (Wildman–Crippen MR) is 122 cm³/mol. The first-order valence-electron chi connectivity index (χ1n) is 10.6. The zero-order chi connectivity index (χ0) is 21.5. The maximum absolute atomic E-state index is 13.3. The molecule has 0 aliphatic heterocycles. The molecule has 6 heteroatoms. The lowest BCUT2D eigenvalue weighted by Crippen LogP contribution is -2.51. The smallest absolute Gasteiger partial charge is 0.243 e. The monoisotopic (exact) mass is 446 g/mol. The lowest BCUT2D eigenvalue weighted by molar-refractivity contribution is -0.141. The zero-order valence-corrected chi connectivity index (χ0v) is 18.8. The van der Waals surface area contributed by atoms with Crippen molar-refractivity contribution in [3.8, 4) is 0 Å². The lowest BCUT2D eigenvalue weighted by atomic mass is 10.1. The van der Waals surface area contributed by atoms with Gasteiger partial charge in [0, 0.05) is 22.6 Å². The third kappa shape index (κ3) is 5.99. The SMILES string of the molecule is CC[C@H](C(=O)NC1CCCC1)N(Cc1ccc(Cl)cc1)C(=O)Cc1ccccc1Cl. The van der Waals surface area contributed by atoms with Crippen LogP contribution in [0.1, 0.15) is 50.2 Å². The van der Waals surface area contributed by atoms with Crippen molar-refractivity contribution in [2.24, 2.45) is 0 Å². The number of amides is 2. The molecule has 1 N–H and O–H groups in total. The van der Waals surface area contributed by atoms with Gasteiger partial charge in [-0.25, -0.2) is 0 Å². The Morgan fingerprint density at radius 2 is 1.73 bits per heavy atom. The summed E-state index contributed by atoms with van der Waals surface area (Å²) < 4.78 is 0. The summed E-state index contributed by atoms with van der Waals surface area (Å²) in [5, 5.41) is 4.35. The zero-order valence-electron chi connectivity index (χ0n) is 17.2. The van der Waals surface area contributed by atoms with Crippen molar-refractivity contribution in [2.45, 2.75) is 64.1 Å². The molecule has 0 aromatic heterocycles. The van der Waals surface area contributed by atoms with E-state index in [9.17, 15) is 9.59 Å². The Hall–Kier alpha value is -2.04. The molecule has 0 radical (unpaired) electrons. The highest BCUT2D eigenvalue weighted by Crippen LogP contribution is 2.22. The van der Waals surface area contributed by atoms with E-state index in [0.29, 0.717) is 23.0 Å².